The Balaban J connectivity index is 2.29. The van der Waals surface area contributed by atoms with E-state index in [4.69, 9.17) is 11.6 Å². The van der Waals surface area contributed by atoms with Crippen LogP contribution in [0.25, 0.3) is 0 Å². The van der Waals surface area contributed by atoms with Crippen LogP contribution in [-0.4, -0.2) is 23.0 Å². The lowest BCUT2D eigenvalue weighted by Gasteiger charge is -2.04. The molecule has 6 nitrogen and oxygen atoms in total. The molecule has 0 aromatic carbocycles. The van der Waals surface area contributed by atoms with E-state index in [9.17, 15) is 8.42 Å². The topological polar surface area (TPSA) is 76.9 Å². The highest BCUT2D eigenvalue weighted by Crippen LogP contribution is 2.15. The van der Waals surface area contributed by atoms with Crippen molar-refractivity contribution in [3.8, 4) is 0 Å². The van der Waals surface area contributed by atoms with Crippen LogP contribution in [0.2, 0.25) is 5.15 Å². The van der Waals surface area contributed by atoms with Crippen LogP contribution >= 0.6 is 11.6 Å². The summed E-state index contributed by atoms with van der Waals surface area (Å²) in [5.41, 5.74) is 0. The molecule has 0 saturated carbocycles. The Hall–Kier alpha value is -1.60. The standard InChI is InChI=1S/C9H9ClN4O2S/c1-14-3-2-7(5-14)17(15,16)13-9-4-8(10)11-6-12-9/h2-6H,1H3,(H,11,12,13). The van der Waals surface area contributed by atoms with E-state index in [1.165, 1.54) is 24.7 Å². The summed E-state index contributed by atoms with van der Waals surface area (Å²) in [7, 11) is -1.89. The van der Waals surface area contributed by atoms with Crippen molar-refractivity contribution in [2.75, 3.05) is 4.72 Å². The largest absolute Gasteiger partial charge is 0.356 e. The number of nitrogens with one attached hydrogen (secondary N) is 1. The van der Waals surface area contributed by atoms with E-state index >= 15 is 0 Å². The molecular formula is C9H9ClN4O2S. The molecule has 2 rings (SSSR count). The summed E-state index contributed by atoms with van der Waals surface area (Å²) in [4.78, 5) is 7.59. The van der Waals surface area contributed by atoms with E-state index in [2.05, 4.69) is 14.7 Å². The van der Waals surface area contributed by atoms with Gasteiger partial charge in [-0.2, -0.15) is 0 Å². The minimum absolute atomic E-state index is 0.133. The van der Waals surface area contributed by atoms with Gasteiger partial charge in [0.2, 0.25) is 0 Å². The Morgan fingerprint density at radius 3 is 2.76 bits per heavy atom. The highest BCUT2D eigenvalue weighted by atomic mass is 35.5. The Kier molecular flexibility index (Phi) is 3.03. The molecule has 8 heteroatoms. The summed E-state index contributed by atoms with van der Waals surface area (Å²) < 4.78 is 27.7. The number of halogens is 1. The Labute approximate surface area is 103 Å². The lowest BCUT2D eigenvalue weighted by molar-refractivity contribution is 0.601. The average molecular weight is 273 g/mol. The van der Waals surface area contributed by atoms with Crippen molar-refractivity contribution in [3.05, 3.63) is 36.0 Å². The number of rotatable bonds is 3. The fourth-order valence-corrected chi connectivity index (χ4v) is 2.42. The molecule has 2 heterocycles. The third kappa shape index (κ3) is 2.75. The fourth-order valence-electron chi connectivity index (χ4n) is 1.22. The van der Waals surface area contributed by atoms with Crippen LogP contribution in [0, 0.1) is 0 Å². The Morgan fingerprint density at radius 1 is 1.41 bits per heavy atom. The molecule has 0 bridgehead atoms. The molecule has 1 N–H and O–H groups in total. The summed E-state index contributed by atoms with van der Waals surface area (Å²) in [6.07, 6.45) is 4.32. The van der Waals surface area contributed by atoms with Gasteiger partial charge in [-0.3, -0.25) is 4.72 Å². The highest BCUT2D eigenvalue weighted by molar-refractivity contribution is 7.92. The molecule has 90 valence electrons. The number of sulfonamides is 1. The van der Waals surface area contributed by atoms with Crippen molar-refractivity contribution in [2.45, 2.75) is 4.90 Å². The average Bonchev–Trinajstić information content (AvgIpc) is 2.65. The number of aromatic nitrogens is 3. The number of aryl methyl sites for hydroxylation is 1. The van der Waals surface area contributed by atoms with Crippen molar-refractivity contribution >= 4 is 27.4 Å². The van der Waals surface area contributed by atoms with Crippen LogP contribution in [0.5, 0.6) is 0 Å². The lowest BCUT2D eigenvalue weighted by Crippen LogP contribution is -2.13. The summed E-state index contributed by atoms with van der Waals surface area (Å²) in [5, 5.41) is 0.172. The molecule has 0 spiro atoms. The highest BCUT2D eigenvalue weighted by Gasteiger charge is 2.15. The van der Waals surface area contributed by atoms with Crippen molar-refractivity contribution in [1.29, 1.82) is 0 Å². The van der Waals surface area contributed by atoms with Gasteiger partial charge in [-0.1, -0.05) is 11.6 Å². The molecule has 0 aliphatic carbocycles. The second-order valence-electron chi connectivity index (χ2n) is 3.34. The smallest absolute Gasteiger partial charge is 0.264 e. The Morgan fingerprint density at radius 2 is 2.18 bits per heavy atom. The summed E-state index contributed by atoms with van der Waals surface area (Å²) in [6.45, 7) is 0. The van der Waals surface area contributed by atoms with E-state index in [1.54, 1.807) is 17.8 Å². The summed E-state index contributed by atoms with van der Waals surface area (Å²) >= 11 is 5.63. The minimum Gasteiger partial charge on any atom is -0.356 e. The van der Waals surface area contributed by atoms with Crippen LogP contribution in [-0.2, 0) is 17.1 Å². The van der Waals surface area contributed by atoms with Gasteiger partial charge in [-0.05, 0) is 6.07 Å². The summed E-state index contributed by atoms with van der Waals surface area (Å²) in [5.74, 6) is 0.133. The zero-order valence-corrected chi connectivity index (χ0v) is 10.4. The first-order valence-corrected chi connectivity index (χ1v) is 6.46. The maximum Gasteiger partial charge on any atom is 0.264 e. The second-order valence-corrected chi connectivity index (χ2v) is 5.41. The van der Waals surface area contributed by atoms with Crippen molar-refractivity contribution in [3.63, 3.8) is 0 Å². The van der Waals surface area contributed by atoms with Gasteiger partial charge in [0.1, 0.15) is 22.2 Å². The molecule has 17 heavy (non-hydrogen) atoms. The molecular weight excluding hydrogens is 264 g/mol. The first-order chi connectivity index (χ1) is 7.97. The molecule has 2 aromatic rings. The lowest BCUT2D eigenvalue weighted by atomic mass is 10.6. The van der Waals surface area contributed by atoms with Gasteiger partial charge in [-0.15, -0.1) is 0 Å². The second kappa shape index (κ2) is 4.34. The molecule has 0 saturated heterocycles. The van der Waals surface area contributed by atoms with Gasteiger partial charge in [0, 0.05) is 25.5 Å². The quantitative estimate of drug-likeness (QED) is 0.854. The van der Waals surface area contributed by atoms with Crippen LogP contribution in [0.4, 0.5) is 5.82 Å². The van der Waals surface area contributed by atoms with Gasteiger partial charge < -0.3 is 4.57 Å². The normalized spacial score (nSPS) is 11.4. The van der Waals surface area contributed by atoms with Crippen molar-refractivity contribution in [2.24, 2.45) is 7.05 Å². The van der Waals surface area contributed by atoms with Crippen LogP contribution < -0.4 is 4.72 Å². The first-order valence-electron chi connectivity index (χ1n) is 4.60. The predicted molar refractivity (Wildman–Crippen MR) is 63.3 cm³/mol. The molecule has 0 aliphatic heterocycles. The van der Waals surface area contributed by atoms with Gasteiger partial charge in [0.15, 0.2) is 0 Å². The third-order valence-electron chi connectivity index (χ3n) is 1.99. The molecule has 0 amide bonds. The summed E-state index contributed by atoms with van der Waals surface area (Å²) in [6, 6.07) is 2.83. The number of anilines is 1. The van der Waals surface area contributed by atoms with Gasteiger partial charge in [-0.25, -0.2) is 18.4 Å². The van der Waals surface area contributed by atoms with E-state index in [-0.39, 0.29) is 15.9 Å². The predicted octanol–water partition coefficient (Wildman–Crippen LogP) is 1.27. The molecule has 0 fully saturated rings. The van der Waals surface area contributed by atoms with Gasteiger partial charge in [0.05, 0.1) is 0 Å². The molecule has 0 radical (unpaired) electrons. The van der Waals surface area contributed by atoms with Crippen molar-refractivity contribution in [1.82, 2.24) is 14.5 Å². The van der Waals surface area contributed by atoms with Gasteiger partial charge in [0.25, 0.3) is 10.0 Å². The van der Waals surface area contributed by atoms with Crippen LogP contribution in [0.1, 0.15) is 0 Å². The zero-order valence-electron chi connectivity index (χ0n) is 8.83. The number of nitrogens with zero attached hydrogens (tertiary/aromatic N) is 3. The number of hydrogen-bond donors (Lipinski definition) is 1. The Bertz CT molecular complexity index is 638. The monoisotopic (exact) mass is 272 g/mol. The fraction of sp³-hybridized carbons (Fsp3) is 0.111. The van der Waals surface area contributed by atoms with Crippen LogP contribution in [0.15, 0.2) is 35.7 Å². The van der Waals surface area contributed by atoms with E-state index < -0.39 is 10.0 Å². The van der Waals surface area contributed by atoms with E-state index in [0.717, 1.165) is 0 Å². The first kappa shape index (κ1) is 11.9. The number of hydrogen-bond acceptors (Lipinski definition) is 4. The van der Waals surface area contributed by atoms with E-state index in [1.807, 2.05) is 0 Å². The maximum absolute atomic E-state index is 11.9. The SMILES string of the molecule is Cn1ccc(S(=O)(=O)Nc2cc(Cl)ncn2)c1. The van der Waals surface area contributed by atoms with Gasteiger partial charge >= 0.3 is 0 Å². The molecule has 0 unspecified atom stereocenters. The van der Waals surface area contributed by atoms with E-state index in [0.29, 0.717) is 0 Å². The molecule has 0 aliphatic rings. The molecule has 0 atom stereocenters. The third-order valence-corrected chi connectivity index (χ3v) is 3.53. The molecule has 2 aromatic heterocycles. The zero-order chi connectivity index (χ0) is 12.5. The van der Waals surface area contributed by atoms with Crippen LogP contribution in [0.3, 0.4) is 0 Å². The minimum atomic E-state index is -3.63. The van der Waals surface area contributed by atoms with Crippen molar-refractivity contribution < 1.29 is 8.42 Å². The maximum atomic E-state index is 11.9.